The molecule has 0 bridgehead atoms. The van der Waals surface area contributed by atoms with Gasteiger partial charge in [-0.2, -0.15) is 5.21 Å². The number of carbonyl (C=O) groups is 16. The number of aliphatic hydroxyl groups excluding tert-OH is 2. The van der Waals surface area contributed by atoms with Gasteiger partial charge in [0.1, 0.15) is 73.4 Å². The van der Waals surface area contributed by atoms with E-state index in [1.807, 2.05) is 31.2 Å². The van der Waals surface area contributed by atoms with E-state index >= 15 is 0 Å². The van der Waals surface area contributed by atoms with E-state index in [0.717, 1.165) is 60.8 Å². The quantitative estimate of drug-likeness (QED) is 0.0169. The number of ketones is 3. The number of para-hydroxylation sites is 1. The summed E-state index contributed by atoms with van der Waals surface area (Å²) in [4.78, 5) is 225. The number of rotatable bonds is 62. The van der Waals surface area contributed by atoms with Crippen molar-refractivity contribution >= 4 is 117 Å². The van der Waals surface area contributed by atoms with Gasteiger partial charge in [0.25, 0.3) is 0 Å². The molecule has 3 aliphatic heterocycles. The molecule has 2 aromatic heterocycles. The zero-order valence-corrected chi connectivity index (χ0v) is 84.6. The molecule has 2 saturated heterocycles. The Morgan fingerprint density at radius 3 is 1.86 bits per heavy atom. The largest absolute Gasteiger partial charge is 0.394 e. The van der Waals surface area contributed by atoms with Gasteiger partial charge in [0.2, 0.25) is 76.8 Å². The number of nitrogens with one attached hydrogen (secondary N) is 13. The molecule has 2 aromatic carbocycles. The SMILES string of the molecule is CC(=O)[C@@H]1CCCCCC(=O)CC[C@H](C)C(=O)N2C[C@H](O)C[C@H]2C(=O)N[C@H](Cc2ccccc2)C(=O)N[C@@H](CCCN=C(N)N)C(=O)N[C@@H](Cc2c[nH]c3ccccc23)C(=O)N1.CCCC[C@H](NC(=O)[C@H](CN)NC(=O)[C@H](CC1=CCC=N1)NC(=O)[C@H](CCC(N)=O)NC(=O)[C@H](CO)NC(=O)COCCOCCCC(=O)COCCOCCNC(=O)CCCCCCCCCCCCCCCc1nn[nH]n1)C(=O)NC. The maximum atomic E-state index is 14.4. The molecule has 0 aliphatic carbocycles. The van der Waals surface area contributed by atoms with Gasteiger partial charge in [-0.05, 0) is 88.3 Å². The van der Waals surface area contributed by atoms with Crippen LogP contribution in [-0.4, -0.2) is 306 Å². The summed E-state index contributed by atoms with van der Waals surface area (Å²) in [5, 5.41) is 64.6. The van der Waals surface area contributed by atoms with Gasteiger partial charge in [0.05, 0.1) is 51.8 Å². The highest BCUT2D eigenvalue weighted by Gasteiger charge is 2.43. The van der Waals surface area contributed by atoms with Crippen molar-refractivity contribution in [2.75, 3.05) is 92.7 Å². The number of primary amides is 1. The Bertz CT molecular complexity index is 4770. The fourth-order valence-electron chi connectivity index (χ4n) is 16.6. The molecule has 3 aliphatic rings. The molecule has 0 unspecified atom stereocenters. The van der Waals surface area contributed by atoms with E-state index in [1.165, 1.54) is 76.7 Å². The third-order valence-electron chi connectivity index (χ3n) is 24.9. The van der Waals surface area contributed by atoms with Crippen molar-refractivity contribution in [1.29, 1.82) is 0 Å². The Kier molecular flexibility index (Phi) is 58.8. The van der Waals surface area contributed by atoms with Crippen molar-refractivity contribution in [3.05, 3.63) is 89.5 Å². The van der Waals surface area contributed by atoms with Crippen molar-refractivity contribution in [1.82, 2.24) is 89.0 Å². The van der Waals surface area contributed by atoms with Crippen molar-refractivity contribution in [3.63, 3.8) is 0 Å². The number of hydrogen-bond acceptors (Lipinski definition) is 28. The maximum Gasteiger partial charge on any atom is 0.246 e. The predicted molar refractivity (Wildman–Crippen MR) is 540 cm³/mol. The van der Waals surface area contributed by atoms with Gasteiger partial charge in [-0.3, -0.25) is 86.7 Å². The Balaban J connectivity index is 0.000000461. The summed E-state index contributed by atoms with van der Waals surface area (Å²) in [6.45, 7) is 4.76. The molecule has 13 amide bonds. The summed E-state index contributed by atoms with van der Waals surface area (Å²) in [5.41, 5.74) is 25.0. The first-order chi connectivity index (χ1) is 69.9. The standard InChI is InChI=1S/C55H96N14O14.C45H61N9O8/c1-3-4-22-42(51(75)58-2)62-54(78)45(36-56)65-53(77)44(35-40-20-18-27-59-40)64-52(76)43(25-26-47(57)72)63-55(79)46(37-70)61-50(74)39-83-34-31-80-29-19-21-41(71)38-82-33-32-81-30-28-60-49(73)24-17-15-13-11-9-7-5-6-8-10-12-14-16-23-48-66-68-69-67-48;1-27-19-20-31(56)14-7-4-8-16-34(28(2)55)50-42(60)38(23-30-25-49-35-17-10-9-15-33(30)35)52-40(58)36(18-11-21-48-45(46)47)51-41(59)37(22-29-12-5-3-6-13-29)53-43(61)39-24-32(57)26-54(39)44(27)62/h20,27,42-46,70H,3-19,21-26,28-39,56H2,1-2H3,(H2,57,72)(H,58,75)(H,60,73)(H,61,74)(H,62,78)(H,63,79)(H,64,76)(H,65,77)(H,66,67,68,69);3,5-6,9-10,12-13,15,17,25,27,32,34,36-39,49,57H,4,7-8,11,14,16,18-24,26H2,1-2H3,(H,50,60)(H,51,59)(H,52,58)(H,53,61)(H4,46,47,48)/t42-,43-,44-,45-,46-;27-,32+,34-,36-,37+,38-,39-/m00/s1. The van der Waals surface area contributed by atoms with Gasteiger partial charge >= 0.3 is 0 Å². The van der Waals surface area contributed by atoms with E-state index in [2.05, 4.69) is 94.1 Å². The van der Waals surface area contributed by atoms with Crippen LogP contribution in [0.5, 0.6) is 0 Å². The van der Waals surface area contributed by atoms with Crippen molar-refractivity contribution in [2.24, 2.45) is 38.8 Å². The number of ether oxygens (including phenoxy) is 4. The van der Waals surface area contributed by atoms with E-state index in [-0.39, 0.29) is 171 Å². The van der Waals surface area contributed by atoms with Gasteiger partial charge in [-0.15, -0.1) is 10.2 Å². The lowest BCUT2D eigenvalue weighted by Gasteiger charge is -2.29. The summed E-state index contributed by atoms with van der Waals surface area (Å²) < 4.78 is 21.7. The molecule has 45 heteroatoms. The smallest absolute Gasteiger partial charge is 0.246 e. The lowest BCUT2D eigenvalue weighted by Crippen LogP contribution is -2.60. The Hall–Kier alpha value is -12.4. The second kappa shape index (κ2) is 70.3. The third-order valence-corrected chi connectivity index (χ3v) is 24.9. The molecule has 0 radical (unpaired) electrons. The van der Waals surface area contributed by atoms with E-state index in [0.29, 0.717) is 82.2 Å². The average Bonchev–Trinajstić information content (AvgIpc) is 1.68. The number of aryl methyl sites for hydroxylation is 1. The number of aromatic nitrogens is 5. The fraction of sp³-hybridized carbons (Fsp3) is 0.650. The third kappa shape index (κ3) is 48.9. The summed E-state index contributed by atoms with van der Waals surface area (Å²) in [6, 6.07) is 4.17. The van der Waals surface area contributed by atoms with Crippen molar-refractivity contribution < 1.29 is 106 Å². The molecule has 0 saturated carbocycles. The highest BCUT2D eigenvalue weighted by molar-refractivity contribution is 6.00. The second-order valence-electron chi connectivity index (χ2n) is 36.8. The van der Waals surface area contributed by atoms with Crippen molar-refractivity contribution in [2.45, 2.75) is 318 Å². The van der Waals surface area contributed by atoms with Crippen LogP contribution in [0.15, 0.2) is 82.6 Å². The number of likely N-dealkylation sites (N-methyl/N-ethyl adjacent to an activating group) is 1. The number of aliphatic imine (C=N–C) groups is 2. The number of unbranched alkanes of at least 4 members (excludes halogenated alkanes) is 13. The molecule has 5 heterocycles. The van der Waals surface area contributed by atoms with Gasteiger partial charge in [0.15, 0.2) is 23.4 Å². The lowest BCUT2D eigenvalue weighted by molar-refractivity contribution is -0.142. The first kappa shape index (κ1) is 121. The van der Waals surface area contributed by atoms with Crippen LogP contribution < -0.4 is 81.4 Å². The molecule has 2 fully saturated rings. The van der Waals surface area contributed by atoms with Crippen LogP contribution in [0.25, 0.3) is 10.9 Å². The van der Waals surface area contributed by atoms with Gasteiger partial charge < -0.3 is 120 Å². The first-order valence-electron chi connectivity index (χ1n) is 51.1. The zero-order valence-electron chi connectivity index (χ0n) is 84.6. The number of guanidine groups is 1. The van der Waals surface area contributed by atoms with E-state index in [4.69, 9.17) is 41.9 Å². The summed E-state index contributed by atoms with van der Waals surface area (Å²) in [6.07, 6.45) is 26.0. The van der Waals surface area contributed by atoms with Crippen LogP contribution in [0.2, 0.25) is 0 Å². The minimum Gasteiger partial charge on any atom is -0.394 e. The normalized spacial score (nSPS) is 18.7. The highest BCUT2D eigenvalue weighted by Crippen LogP contribution is 2.26. The number of benzene rings is 2. The van der Waals surface area contributed by atoms with Crippen LogP contribution in [0, 0.1) is 5.92 Å². The predicted octanol–water partition coefficient (Wildman–Crippen LogP) is 1.51. The number of nitrogens with zero attached hydrogens (tertiary/aromatic N) is 6. The minimum atomic E-state index is -1.56. The molecule has 145 heavy (non-hydrogen) atoms. The van der Waals surface area contributed by atoms with Crippen LogP contribution in [-0.2, 0) is 115 Å². The number of carbonyl (C=O) groups excluding carboxylic acids is 16. The fourth-order valence-corrected chi connectivity index (χ4v) is 16.6. The molecule has 23 N–H and O–H groups in total. The summed E-state index contributed by atoms with van der Waals surface area (Å²) >= 11 is 0. The van der Waals surface area contributed by atoms with Gasteiger partial charge in [-0.25, -0.2) is 0 Å². The molecule has 12 atom stereocenters. The molecule has 4 aromatic rings. The summed E-state index contributed by atoms with van der Waals surface area (Å²) in [7, 11) is 1.43. The van der Waals surface area contributed by atoms with E-state index in [9.17, 15) is 86.9 Å². The monoisotopic (exact) mass is 2030 g/mol. The first-order valence-corrected chi connectivity index (χ1v) is 51.1. The molecule has 804 valence electrons. The second-order valence-corrected chi connectivity index (χ2v) is 36.8. The zero-order chi connectivity index (χ0) is 105. The number of nitrogens with two attached hydrogens (primary N) is 4. The number of hydrogen-bond donors (Lipinski definition) is 19. The van der Waals surface area contributed by atoms with Crippen molar-refractivity contribution in [3.8, 4) is 0 Å². The maximum absolute atomic E-state index is 14.4. The molecular weight excluding hydrogens is 1880 g/mol. The number of aromatic amines is 2. The van der Waals surface area contributed by atoms with Gasteiger partial charge in [-0.1, -0.05) is 170 Å². The molecular formula is C100H157N23O22. The number of Topliss-reactive ketones (excluding diaryl/α,β-unsaturated/α-hetero) is 3. The number of amides is 13. The Morgan fingerprint density at radius 1 is 0.593 bits per heavy atom. The van der Waals surface area contributed by atoms with Crippen LogP contribution >= 0.6 is 0 Å². The Morgan fingerprint density at radius 2 is 1.20 bits per heavy atom. The molecule has 7 rings (SSSR count). The van der Waals surface area contributed by atoms with Crippen LogP contribution in [0.3, 0.4) is 0 Å². The number of tetrazole rings is 1. The Labute approximate surface area is 847 Å². The topological polar surface area (TPSA) is 685 Å². The van der Waals surface area contributed by atoms with Gasteiger partial charge in [0, 0.05) is 145 Å². The number of H-pyrrole nitrogens is 2. The minimum absolute atomic E-state index is 0.0144. The van der Waals surface area contributed by atoms with E-state index in [1.54, 1.807) is 55.7 Å². The van der Waals surface area contributed by atoms with Crippen LogP contribution in [0.1, 0.15) is 250 Å². The molecule has 0 spiro atoms. The lowest BCUT2D eigenvalue weighted by atomic mass is 9.98. The number of fused-ring (bicyclic) bond motifs is 2. The number of allylic oxidation sites excluding steroid dienone is 1. The van der Waals surface area contributed by atoms with E-state index < -0.39 is 151 Å². The average molecular weight is 2030 g/mol. The molecule has 45 nitrogen and oxygen atoms in total. The van der Waals surface area contributed by atoms with Crippen LogP contribution in [0.4, 0.5) is 0 Å². The summed E-state index contributed by atoms with van der Waals surface area (Å²) in [5.74, 6) is -8.95. The number of aliphatic hydroxyl groups is 2. The highest BCUT2D eigenvalue weighted by atomic mass is 16.5.